The van der Waals surface area contributed by atoms with E-state index in [9.17, 15) is 5.11 Å². The maximum atomic E-state index is 9.83. The van der Waals surface area contributed by atoms with Crippen molar-refractivity contribution in [3.63, 3.8) is 0 Å². The summed E-state index contributed by atoms with van der Waals surface area (Å²) in [5.41, 5.74) is 1.28. The SMILES string of the molecule is Cc1ccccc1SCC(O)CNCC(C)C. The Morgan fingerprint density at radius 1 is 1.24 bits per heavy atom. The number of hydrogen-bond acceptors (Lipinski definition) is 3. The van der Waals surface area contributed by atoms with E-state index in [0.717, 1.165) is 12.3 Å². The number of hydrogen-bond donors (Lipinski definition) is 2. The maximum Gasteiger partial charge on any atom is 0.0758 e. The minimum atomic E-state index is -0.279. The third kappa shape index (κ3) is 6.10. The van der Waals surface area contributed by atoms with Crippen LogP contribution in [0.1, 0.15) is 19.4 Å². The maximum absolute atomic E-state index is 9.83. The van der Waals surface area contributed by atoms with Gasteiger partial charge in [0.25, 0.3) is 0 Å². The molecule has 3 heteroatoms. The molecular formula is C14H23NOS. The lowest BCUT2D eigenvalue weighted by Gasteiger charge is -2.13. The quantitative estimate of drug-likeness (QED) is 0.733. The molecule has 1 aromatic carbocycles. The van der Waals surface area contributed by atoms with Crippen LogP contribution in [0.2, 0.25) is 0 Å². The summed E-state index contributed by atoms with van der Waals surface area (Å²) in [6.07, 6.45) is -0.279. The lowest BCUT2D eigenvalue weighted by atomic mass is 10.2. The van der Waals surface area contributed by atoms with E-state index in [0.29, 0.717) is 12.5 Å². The minimum Gasteiger partial charge on any atom is -0.391 e. The molecule has 1 unspecified atom stereocenters. The second-order valence-electron chi connectivity index (χ2n) is 4.78. The van der Waals surface area contributed by atoms with Crippen molar-refractivity contribution >= 4 is 11.8 Å². The lowest BCUT2D eigenvalue weighted by molar-refractivity contribution is 0.194. The molecule has 0 heterocycles. The van der Waals surface area contributed by atoms with Gasteiger partial charge in [-0.25, -0.2) is 0 Å². The van der Waals surface area contributed by atoms with Gasteiger partial charge in [-0.1, -0.05) is 32.0 Å². The van der Waals surface area contributed by atoms with Crippen LogP contribution in [-0.2, 0) is 0 Å². The molecule has 2 nitrogen and oxygen atoms in total. The van der Waals surface area contributed by atoms with Gasteiger partial charge in [0, 0.05) is 17.2 Å². The fraction of sp³-hybridized carbons (Fsp3) is 0.571. The molecule has 0 bridgehead atoms. The van der Waals surface area contributed by atoms with Crippen LogP contribution in [0.4, 0.5) is 0 Å². The predicted molar refractivity (Wildman–Crippen MR) is 75.6 cm³/mol. The highest BCUT2D eigenvalue weighted by atomic mass is 32.2. The number of aryl methyl sites for hydroxylation is 1. The van der Waals surface area contributed by atoms with Crippen LogP contribution in [0.3, 0.4) is 0 Å². The van der Waals surface area contributed by atoms with Gasteiger partial charge in [-0.2, -0.15) is 0 Å². The van der Waals surface area contributed by atoms with Gasteiger partial charge in [0.1, 0.15) is 0 Å². The smallest absolute Gasteiger partial charge is 0.0758 e. The van der Waals surface area contributed by atoms with Gasteiger partial charge in [0.05, 0.1) is 6.10 Å². The predicted octanol–water partition coefficient (Wildman–Crippen LogP) is 2.69. The first-order valence-corrected chi connectivity index (χ1v) is 7.15. The van der Waals surface area contributed by atoms with Crippen LogP contribution in [0, 0.1) is 12.8 Å². The second kappa shape index (κ2) is 7.75. The molecule has 2 N–H and O–H groups in total. The fourth-order valence-electron chi connectivity index (χ4n) is 1.50. The van der Waals surface area contributed by atoms with E-state index in [1.54, 1.807) is 11.8 Å². The van der Waals surface area contributed by atoms with Gasteiger partial charge in [0.2, 0.25) is 0 Å². The Bertz CT molecular complexity index is 328. The lowest BCUT2D eigenvalue weighted by Crippen LogP contribution is -2.30. The first-order chi connectivity index (χ1) is 8.09. The summed E-state index contributed by atoms with van der Waals surface area (Å²) in [7, 11) is 0. The van der Waals surface area contributed by atoms with Crippen molar-refractivity contribution in [3.05, 3.63) is 29.8 Å². The molecule has 17 heavy (non-hydrogen) atoms. The summed E-state index contributed by atoms with van der Waals surface area (Å²) in [5, 5.41) is 13.1. The third-order valence-electron chi connectivity index (χ3n) is 2.46. The van der Waals surface area contributed by atoms with E-state index in [4.69, 9.17) is 0 Å². The van der Waals surface area contributed by atoms with Gasteiger partial charge >= 0.3 is 0 Å². The van der Waals surface area contributed by atoms with Crippen molar-refractivity contribution in [1.29, 1.82) is 0 Å². The Morgan fingerprint density at radius 2 is 1.94 bits per heavy atom. The van der Waals surface area contributed by atoms with Gasteiger partial charge in [-0.3, -0.25) is 0 Å². The summed E-state index contributed by atoms with van der Waals surface area (Å²) < 4.78 is 0. The zero-order valence-electron chi connectivity index (χ0n) is 10.9. The molecule has 96 valence electrons. The van der Waals surface area contributed by atoms with Crippen molar-refractivity contribution in [2.45, 2.75) is 31.8 Å². The van der Waals surface area contributed by atoms with Gasteiger partial charge in [-0.15, -0.1) is 11.8 Å². The molecule has 0 aliphatic rings. The Balaban J connectivity index is 2.24. The van der Waals surface area contributed by atoms with E-state index in [2.05, 4.69) is 38.2 Å². The van der Waals surface area contributed by atoms with Crippen LogP contribution < -0.4 is 5.32 Å². The third-order valence-corrected chi connectivity index (χ3v) is 3.78. The van der Waals surface area contributed by atoms with Gasteiger partial charge in [-0.05, 0) is 31.0 Å². The van der Waals surface area contributed by atoms with Crippen LogP contribution in [-0.4, -0.2) is 30.1 Å². The van der Waals surface area contributed by atoms with E-state index in [-0.39, 0.29) is 6.10 Å². The molecule has 0 aliphatic carbocycles. The average molecular weight is 253 g/mol. The largest absolute Gasteiger partial charge is 0.391 e. The van der Waals surface area contributed by atoms with E-state index < -0.39 is 0 Å². The Morgan fingerprint density at radius 3 is 2.59 bits per heavy atom. The molecule has 0 saturated carbocycles. The highest BCUT2D eigenvalue weighted by molar-refractivity contribution is 7.99. The highest BCUT2D eigenvalue weighted by Gasteiger charge is 2.06. The number of aliphatic hydroxyl groups excluding tert-OH is 1. The summed E-state index contributed by atoms with van der Waals surface area (Å²) in [4.78, 5) is 1.26. The zero-order chi connectivity index (χ0) is 12.7. The molecule has 0 radical (unpaired) electrons. The zero-order valence-corrected chi connectivity index (χ0v) is 11.8. The first kappa shape index (κ1) is 14.6. The topological polar surface area (TPSA) is 32.3 Å². The number of thioether (sulfide) groups is 1. The molecule has 0 amide bonds. The molecule has 0 aliphatic heterocycles. The first-order valence-electron chi connectivity index (χ1n) is 6.16. The van der Waals surface area contributed by atoms with Crippen molar-refractivity contribution < 1.29 is 5.11 Å². The Labute approximate surface area is 109 Å². The molecular weight excluding hydrogens is 230 g/mol. The monoisotopic (exact) mass is 253 g/mol. The normalized spacial score (nSPS) is 13.0. The summed E-state index contributed by atoms with van der Waals surface area (Å²) in [6.45, 7) is 8.08. The summed E-state index contributed by atoms with van der Waals surface area (Å²) >= 11 is 1.72. The molecule has 1 aromatic rings. The number of aliphatic hydroxyl groups is 1. The number of rotatable bonds is 7. The minimum absolute atomic E-state index is 0.279. The van der Waals surface area contributed by atoms with Gasteiger partial charge < -0.3 is 10.4 Å². The van der Waals surface area contributed by atoms with E-state index >= 15 is 0 Å². The summed E-state index contributed by atoms with van der Waals surface area (Å²) in [6, 6.07) is 8.29. The van der Waals surface area contributed by atoms with Crippen molar-refractivity contribution in [3.8, 4) is 0 Å². The molecule has 0 fully saturated rings. The molecule has 0 aromatic heterocycles. The van der Waals surface area contributed by atoms with Crippen LogP contribution >= 0.6 is 11.8 Å². The number of benzene rings is 1. The molecule has 1 rings (SSSR count). The Kier molecular flexibility index (Phi) is 6.63. The van der Waals surface area contributed by atoms with E-state index in [1.165, 1.54) is 10.5 Å². The van der Waals surface area contributed by atoms with Crippen LogP contribution in [0.25, 0.3) is 0 Å². The van der Waals surface area contributed by atoms with Crippen molar-refractivity contribution in [2.75, 3.05) is 18.8 Å². The molecule has 0 saturated heterocycles. The summed E-state index contributed by atoms with van der Waals surface area (Å²) in [5.74, 6) is 1.38. The van der Waals surface area contributed by atoms with Crippen molar-refractivity contribution in [2.24, 2.45) is 5.92 Å². The standard InChI is InChI=1S/C14H23NOS/c1-11(2)8-15-9-13(16)10-17-14-7-5-4-6-12(14)3/h4-7,11,13,15-16H,8-10H2,1-3H3. The van der Waals surface area contributed by atoms with Crippen LogP contribution in [0.15, 0.2) is 29.2 Å². The Hall–Kier alpha value is -0.510. The highest BCUT2D eigenvalue weighted by Crippen LogP contribution is 2.22. The molecule has 0 spiro atoms. The average Bonchev–Trinajstić information content (AvgIpc) is 2.27. The second-order valence-corrected chi connectivity index (χ2v) is 5.84. The fourth-order valence-corrected chi connectivity index (χ4v) is 2.46. The van der Waals surface area contributed by atoms with Crippen molar-refractivity contribution in [1.82, 2.24) is 5.32 Å². The van der Waals surface area contributed by atoms with Gasteiger partial charge in [0.15, 0.2) is 0 Å². The number of nitrogens with one attached hydrogen (secondary N) is 1. The van der Waals surface area contributed by atoms with E-state index in [1.807, 2.05) is 12.1 Å². The molecule has 1 atom stereocenters. The van der Waals surface area contributed by atoms with Crippen LogP contribution in [0.5, 0.6) is 0 Å².